The minimum absolute atomic E-state index is 0.0733. The summed E-state index contributed by atoms with van der Waals surface area (Å²) in [5.74, 6) is 0.421. The van der Waals surface area contributed by atoms with Gasteiger partial charge in [0, 0.05) is 6.54 Å². The standard InChI is InChI=1S/C19H21NOS/c21-19(17-8-3-6-14-5-1-2-7-16(14)17)20-11-4-9-18(20)15-10-12-22-13-15/h1-2,5,7,10,12-13,17-18H,3-4,6,8-9,11H2. The monoisotopic (exact) mass is 311 g/mol. The Morgan fingerprint density at radius 3 is 2.91 bits per heavy atom. The van der Waals surface area contributed by atoms with Gasteiger partial charge in [0.05, 0.1) is 12.0 Å². The molecule has 0 bridgehead atoms. The second-order valence-electron chi connectivity index (χ2n) is 6.39. The minimum atomic E-state index is 0.0733. The maximum atomic E-state index is 13.2. The summed E-state index contributed by atoms with van der Waals surface area (Å²) in [6, 6.07) is 11.0. The second kappa shape index (κ2) is 5.88. The molecule has 2 nitrogen and oxygen atoms in total. The van der Waals surface area contributed by atoms with Gasteiger partial charge in [-0.15, -0.1) is 0 Å². The van der Waals surface area contributed by atoms with E-state index in [1.807, 2.05) is 0 Å². The van der Waals surface area contributed by atoms with Gasteiger partial charge in [0.1, 0.15) is 0 Å². The number of fused-ring (bicyclic) bond motifs is 1. The number of hydrogen-bond donors (Lipinski definition) is 0. The Bertz CT molecular complexity index is 664. The van der Waals surface area contributed by atoms with E-state index in [-0.39, 0.29) is 5.92 Å². The quantitative estimate of drug-likeness (QED) is 0.798. The normalized spacial score (nSPS) is 24.3. The van der Waals surface area contributed by atoms with E-state index in [4.69, 9.17) is 0 Å². The summed E-state index contributed by atoms with van der Waals surface area (Å²) in [5.41, 5.74) is 3.97. The maximum absolute atomic E-state index is 13.2. The van der Waals surface area contributed by atoms with Gasteiger partial charge >= 0.3 is 0 Å². The molecular formula is C19H21NOS. The number of aryl methyl sites for hydroxylation is 1. The average molecular weight is 311 g/mol. The zero-order valence-electron chi connectivity index (χ0n) is 12.7. The van der Waals surface area contributed by atoms with E-state index in [1.54, 1.807) is 11.3 Å². The zero-order chi connectivity index (χ0) is 14.9. The molecule has 0 N–H and O–H groups in total. The maximum Gasteiger partial charge on any atom is 0.230 e. The summed E-state index contributed by atoms with van der Waals surface area (Å²) in [6.45, 7) is 0.915. The molecule has 1 aliphatic heterocycles. The van der Waals surface area contributed by atoms with Crippen molar-refractivity contribution in [3.05, 3.63) is 57.8 Å². The molecule has 1 aromatic heterocycles. The Kier molecular flexibility index (Phi) is 3.75. The molecule has 3 heteroatoms. The summed E-state index contributed by atoms with van der Waals surface area (Å²) in [4.78, 5) is 15.3. The molecule has 1 aromatic carbocycles. The van der Waals surface area contributed by atoms with Gasteiger partial charge in [-0.25, -0.2) is 0 Å². The van der Waals surface area contributed by atoms with E-state index in [0.717, 1.165) is 38.6 Å². The molecule has 2 unspecified atom stereocenters. The van der Waals surface area contributed by atoms with Crippen LogP contribution in [0.3, 0.4) is 0 Å². The summed E-state index contributed by atoms with van der Waals surface area (Å²) < 4.78 is 0. The smallest absolute Gasteiger partial charge is 0.230 e. The fourth-order valence-corrected chi connectivity index (χ4v) is 4.76. The van der Waals surface area contributed by atoms with Gasteiger partial charge in [-0.2, -0.15) is 11.3 Å². The molecular weight excluding hydrogens is 290 g/mol. The van der Waals surface area contributed by atoms with E-state index < -0.39 is 0 Å². The first-order chi connectivity index (χ1) is 10.8. The van der Waals surface area contributed by atoms with Gasteiger partial charge in [-0.1, -0.05) is 24.3 Å². The van der Waals surface area contributed by atoms with Crippen molar-refractivity contribution in [1.29, 1.82) is 0 Å². The Balaban J connectivity index is 1.62. The summed E-state index contributed by atoms with van der Waals surface area (Å²) in [7, 11) is 0. The van der Waals surface area contributed by atoms with E-state index in [0.29, 0.717) is 11.9 Å². The van der Waals surface area contributed by atoms with Crippen LogP contribution in [0.1, 0.15) is 54.3 Å². The second-order valence-corrected chi connectivity index (χ2v) is 7.17. The van der Waals surface area contributed by atoms with E-state index >= 15 is 0 Å². The molecule has 2 heterocycles. The zero-order valence-corrected chi connectivity index (χ0v) is 13.5. The molecule has 0 radical (unpaired) electrons. The highest BCUT2D eigenvalue weighted by Gasteiger charge is 2.36. The highest BCUT2D eigenvalue weighted by Crippen LogP contribution is 2.39. The predicted molar refractivity (Wildman–Crippen MR) is 90.1 cm³/mol. The van der Waals surface area contributed by atoms with Crippen LogP contribution in [0.5, 0.6) is 0 Å². The van der Waals surface area contributed by atoms with E-state index in [1.165, 1.54) is 16.7 Å². The topological polar surface area (TPSA) is 20.3 Å². The lowest BCUT2D eigenvalue weighted by Gasteiger charge is -2.32. The van der Waals surface area contributed by atoms with Crippen LogP contribution >= 0.6 is 11.3 Å². The van der Waals surface area contributed by atoms with Crippen molar-refractivity contribution in [2.24, 2.45) is 0 Å². The van der Waals surface area contributed by atoms with Crippen LogP contribution in [0.2, 0.25) is 0 Å². The third-order valence-corrected chi connectivity index (χ3v) is 5.83. The predicted octanol–water partition coefficient (Wildman–Crippen LogP) is 4.53. The number of carbonyl (C=O) groups is 1. The Morgan fingerprint density at radius 1 is 1.14 bits per heavy atom. The lowest BCUT2D eigenvalue weighted by atomic mass is 9.82. The Hall–Kier alpha value is -1.61. The summed E-state index contributed by atoms with van der Waals surface area (Å²) in [5, 5.41) is 4.32. The van der Waals surface area contributed by atoms with Crippen LogP contribution in [-0.2, 0) is 11.2 Å². The number of hydrogen-bond acceptors (Lipinski definition) is 2. The molecule has 2 atom stereocenters. The number of thiophene rings is 1. The lowest BCUT2D eigenvalue weighted by molar-refractivity contribution is -0.134. The largest absolute Gasteiger partial charge is 0.335 e. The van der Waals surface area contributed by atoms with Crippen LogP contribution in [0, 0.1) is 0 Å². The third-order valence-electron chi connectivity index (χ3n) is 5.13. The minimum Gasteiger partial charge on any atom is -0.335 e. The van der Waals surface area contributed by atoms with Crippen molar-refractivity contribution < 1.29 is 4.79 Å². The van der Waals surface area contributed by atoms with Crippen LogP contribution in [0.25, 0.3) is 0 Å². The van der Waals surface area contributed by atoms with Gasteiger partial charge in [-0.05, 0) is 65.6 Å². The molecule has 2 aliphatic rings. The number of benzene rings is 1. The number of nitrogens with zero attached hydrogens (tertiary/aromatic N) is 1. The number of carbonyl (C=O) groups excluding carboxylic acids is 1. The van der Waals surface area contributed by atoms with Gasteiger partial charge < -0.3 is 4.90 Å². The third kappa shape index (κ3) is 2.38. The van der Waals surface area contributed by atoms with Gasteiger partial charge in [0.25, 0.3) is 0 Å². The number of rotatable bonds is 2. The van der Waals surface area contributed by atoms with Crippen molar-refractivity contribution in [2.45, 2.75) is 44.1 Å². The molecule has 1 fully saturated rings. The first-order valence-corrected chi connectivity index (χ1v) is 9.19. The molecule has 2 aromatic rings. The highest BCUT2D eigenvalue weighted by molar-refractivity contribution is 7.07. The molecule has 22 heavy (non-hydrogen) atoms. The molecule has 0 spiro atoms. The average Bonchev–Trinajstić information content (AvgIpc) is 3.24. The van der Waals surface area contributed by atoms with Crippen molar-refractivity contribution in [1.82, 2.24) is 4.90 Å². The fourth-order valence-electron chi connectivity index (χ4n) is 4.05. The molecule has 0 saturated carbocycles. The Labute approximate surface area is 135 Å². The van der Waals surface area contributed by atoms with Gasteiger partial charge in [0.15, 0.2) is 0 Å². The van der Waals surface area contributed by atoms with Crippen molar-refractivity contribution in [3.8, 4) is 0 Å². The van der Waals surface area contributed by atoms with Crippen molar-refractivity contribution in [2.75, 3.05) is 6.54 Å². The number of amides is 1. The first kappa shape index (κ1) is 14.0. The van der Waals surface area contributed by atoms with E-state index in [2.05, 4.69) is 46.0 Å². The summed E-state index contributed by atoms with van der Waals surface area (Å²) in [6.07, 6.45) is 5.48. The Morgan fingerprint density at radius 2 is 2.05 bits per heavy atom. The van der Waals surface area contributed by atoms with E-state index in [9.17, 15) is 4.79 Å². The SMILES string of the molecule is O=C(C1CCCc2ccccc21)N1CCCC1c1ccsc1. The molecule has 1 saturated heterocycles. The first-order valence-electron chi connectivity index (χ1n) is 8.25. The van der Waals surface area contributed by atoms with Crippen LogP contribution in [0.15, 0.2) is 41.1 Å². The van der Waals surface area contributed by atoms with Crippen LogP contribution < -0.4 is 0 Å². The fraction of sp³-hybridized carbons (Fsp3) is 0.421. The number of likely N-dealkylation sites (tertiary alicyclic amines) is 1. The van der Waals surface area contributed by atoms with Gasteiger partial charge in [-0.3, -0.25) is 4.79 Å². The van der Waals surface area contributed by atoms with Crippen LogP contribution in [0.4, 0.5) is 0 Å². The van der Waals surface area contributed by atoms with Crippen LogP contribution in [-0.4, -0.2) is 17.4 Å². The lowest BCUT2D eigenvalue weighted by Crippen LogP contribution is -2.35. The molecule has 1 amide bonds. The van der Waals surface area contributed by atoms with Crippen molar-refractivity contribution in [3.63, 3.8) is 0 Å². The molecule has 114 valence electrons. The highest BCUT2D eigenvalue weighted by atomic mass is 32.1. The molecule has 1 aliphatic carbocycles. The van der Waals surface area contributed by atoms with Crippen molar-refractivity contribution >= 4 is 17.2 Å². The summed E-state index contributed by atoms with van der Waals surface area (Å²) >= 11 is 1.73. The molecule has 4 rings (SSSR count). The van der Waals surface area contributed by atoms with Gasteiger partial charge in [0.2, 0.25) is 5.91 Å².